The van der Waals surface area contributed by atoms with E-state index in [0.29, 0.717) is 11.4 Å². The van der Waals surface area contributed by atoms with Crippen LogP contribution in [0, 0.1) is 0 Å². The number of aliphatic hydroxyl groups excluding tert-OH is 1. The zero-order valence-corrected chi connectivity index (χ0v) is 10.6. The summed E-state index contributed by atoms with van der Waals surface area (Å²) in [5.74, 6) is 0.488. The predicted molar refractivity (Wildman–Crippen MR) is 67.0 cm³/mol. The molecule has 1 fully saturated rings. The lowest BCUT2D eigenvalue weighted by molar-refractivity contribution is 0.209. The molecule has 0 bridgehead atoms. The van der Waals surface area contributed by atoms with Gasteiger partial charge in [-0.2, -0.15) is 8.42 Å². The highest BCUT2D eigenvalue weighted by Crippen LogP contribution is 2.30. The average Bonchev–Trinajstić information content (AvgIpc) is 2.92. The molecule has 0 radical (unpaired) electrons. The fraction of sp³-hybridized carbons (Fsp3) is 0.417. The van der Waals surface area contributed by atoms with Crippen molar-refractivity contribution in [3.8, 4) is 0 Å². The van der Waals surface area contributed by atoms with Crippen LogP contribution in [0.3, 0.4) is 0 Å². The lowest BCUT2D eigenvalue weighted by atomic mass is 10.1. The van der Waals surface area contributed by atoms with Gasteiger partial charge in [0.05, 0.1) is 12.6 Å². The van der Waals surface area contributed by atoms with Crippen molar-refractivity contribution in [2.75, 3.05) is 13.2 Å². The molecular weight excluding hydrogens is 252 g/mol. The number of aliphatic hydroxyl groups is 1. The van der Waals surface area contributed by atoms with Gasteiger partial charge in [0.2, 0.25) is 0 Å². The largest absolute Gasteiger partial charge is 0.394 e. The quantitative estimate of drug-likeness (QED) is 0.807. The highest BCUT2D eigenvalue weighted by molar-refractivity contribution is 7.90. The van der Waals surface area contributed by atoms with E-state index in [1.165, 1.54) is 0 Å². The number of likely N-dealkylation sites (tertiary alicyclic amines) is 1. The average molecular weight is 266 g/mol. The number of rotatable bonds is 1. The summed E-state index contributed by atoms with van der Waals surface area (Å²) in [4.78, 5) is 2.17. The number of fused-ring (bicyclic) bond motifs is 1. The van der Waals surface area contributed by atoms with E-state index in [1.807, 2.05) is 4.90 Å². The highest BCUT2D eigenvalue weighted by atomic mass is 32.2. The van der Waals surface area contributed by atoms with Crippen LogP contribution in [0.15, 0.2) is 33.6 Å². The molecule has 2 heterocycles. The van der Waals surface area contributed by atoms with Gasteiger partial charge >= 0.3 is 0 Å². The molecule has 0 unspecified atom stereocenters. The second-order valence-electron chi connectivity index (χ2n) is 4.56. The lowest BCUT2D eigenvalue weighted by Crippen LogP contribution is -2.37. The van der Waals surface area contributed by atoms with E-state index in [1.54, 1.807) is 24.3 Å². The van der Waals surface area contributed by atoms with Crippen LogP contribution in [0.25, 0.3) is 0 Å². The summed E-state index contributed by atoms with van der Waals surface area (Å²) in [5, 5.41) is 9.33. The number of amidine groups is 1. The molecule has 0 aromatic heterocycles. The molecular formula is C12H14N2O3S. The Morgan fingerprint density at radius 3 is 2.94 bits per heavy atom. The maximum Gasteiger partial charge on any atom is 0.285 e. The third-order valence-electron chi connectivity index (χ3n) is 3.47. The molecule has 96 valence electrons. The first-order chi connectivity index (χ1) is 8.63. The van der Waals surface area contributed by atoms with Crippen molar-refractivity contribution in [2.24, 2.45) is 4.40 Å². The fourth-order valence-electron chi connectivity index (χ4n) is 2.60. The van der Waals surface area contributed by atoms with Gasteiger partial charge in [-0.15, -0.1) is 4.40 Å². The van der Waals surface area contributed by atoms with Crippen molar-refractivity contribution >= 4 is 15.9 Å². The van der Waals surface area contributed by atoms with Gasteiger partial charge in [0.1, 0.15) is 4.90 Å². The summed E-state index contributed by atoms with van der Waals surface area (Å²) in [6.45, 7) is 0.773. The predicted octanol–water partition coefficient (Wildman–Crippen LogP) is 0.592. The summed E-state index contributed by atoms with van der Waals surface area (Å²) in [7, 11) is -3.56. The van der Waals surface area contributed by atoms with Gasteiger partial charge < -0.3 is 10.0 Å². The van der Waals surface area contributed by atoms with Crippen molar-refractivity contribution in [3.05, 3.63) is 29.8 Å². The maximum atomic E-state index is 11.9. The molecule has 0 saturated carbocycles. The second-order valence-corrected chi connectivity index (χ2v) is 6.13. The fourth-order valence-corrected chi connectivity index (χ4v) is 3.82. The molecule has 18 heavy (non-hydrogen) atoms. The maximum absolute atomic E-state index is 11.9. The zero-order chi connectivity index (χ0) is 12.8. The molecule has 0 amide bonds. The van der Waals surface area contributed by atoms with Gasteiger partial charge in [-0.1, -0.05) is 12.1 Å². The SMILES string of the molecule is O=S1(=O)N=C(N2CCC[C@H]2CO)c2ccccc21. The molecule has 6 heteroatoms. The van der Waals surface area contributed by atoms with Crippen LogP contribution in [-0.4, -0.2) is 43.5 Å². The molecule has 2 aliphatic rings. The van der Waals surface area contributed by atoms with Crippen molar-refractivity contribution in [3.63, 3.8) is 0 Å². The minimum Gasteiger partial charge on any atom is -0.394 e. The van der Waals surface area contributed by atoms with Crippen molar-refractivity contribution in [2.45, 2.75) is 23.8 Å². The van der Waals surface area contributed by atoms with E-state index in [2.05, 4.69) is 4.40 Å². The van der Waals surface area contributed by atoms with Crippen molar-refractivity contribution in [1.82, 2.24) is 4.90 Å². The molecule has 1 aromatic rings. The Kier molecular flexibility index (Phi) is 2.64. The van der Waals surface area contributed by atoms with E-state index in [0.717, 1.165) is 19.4 Å². The normalized spacial score (nSPS) is 25.1. The van der Waals surface area contributed by atoms with E-state index in [-0.39, 0.29) is 17.5 Å². The molecule has 1 atom stereocenters. The Morgan fingerprint density at radius 1 is 1.39 bits per heavy atom. The van der Waals surface area contributed by atoms with Crippen LogP contribution in [0.1, 0.15) is 18.4 Å². The van der Waals surface area contributed by atoms with E-state index in [4.69, 9.17) is 0 Å². The molecule has 1 N–H and O–H groups in total. The summed E-state index contributed by atoms with van der Waals surface area (Å²) < 4.78 is 27.7. The highest BCUT2D eigenvalue weighted by Gasteiger charge is 2.35. The van der Waals surface area contributed by atoms with Gasteiger partial charge in [-0.3, -0.25) is 0 Å². The van der Waals surface area contributed by atoms with E-state index >= 15 is 0 Å². The topological polar surface area (TPSA) is 70.0 Å². The molecule has 1 aromatic carbocycles. The second kappa shape index (κ2) is 4.07. The molecule has 3 rings (SSSR count). The third kappa shape index (κ3) is 1.64. The van der Waals surface area contributed by atoms with E-state index < -0.39 is 10.0 Å². The summed E-state index contributed by atoms with van der Waals surface area (Å²) in [5.41, 5.74) is 0.651. The Morgan fingerprint density at radius 2 is 2.17 bits per heavy atom. The Balaban J connectivity index is 2.09. The van der Waals surface area contributed by atoms with Crippen LogP contribution in [0.5, 0.6) is 0 Å². The van der Waals surface area contributed by atoms with E-state index in [9.17, 15) is 13.5 Å². The van der Waals surface area contributed by atoms with Crippen molar-refractivity contribution in [1.29, 1.82) is 0 Å². The van der Waals surface area contributed by atoms with Crippen LogP contribution in [-0.2, 0) is 10.0 Å². The number of sulfonamides is 1. The first-order valence-corrected chi connectivity index (χ1v) is 7.39. The Bertz CT molecular complexity index is 610. The van der Waals surface area contributed by atoms with Gasteiger partial charge in [-0.25, -0.2) is 0 Å². The first-order valence-electron chi connectivity index (χ1n) is 5.95. The molecule has 0 spiro atoms. The Labute approximate surface area is 106 Å². The summed E-state index contributed by atoms with van der Waals surface area (Å²) >= 11 is 0. The molecule has 5 nitrogen and oxygen atoms in total. The number of nitrogens with zero attached hydrogens (tertiary/aromatic N) is 2. The van der Waals surface area contributed by atoms with Crippen LogP contribution in [0.2, 0.25) is 0 Å². The zero-order valence-electron chi connectivity index (χ0n) is 9.78. The minimum atomic E-state index is -3.56. The summed E-state index contributed by atoms with van der Waals surface area (Å²) in [6, 6.07) is 6.82. The number of hydrogen-bond acceptors (Lipinski definition) is 4. The molecule has 1 saturated heterocycles. The lowest BCUT2D eigenvalue weighted by Gasteiger charge is -2.24. The van der Waals surface area contributed by atoms with Crippen LogP contribution >= 0.6 is 0 Å². The van der Waals surface area contributed by atoms with Crippen LogP contribution in [0.4, 0.5) is 0 Å². The monoisotopic (exact) mass is 266 g/mol. The van der Waals surface area contributed by atoms with Crippen LogP contribution < -0.4 is 0 Å². The Hall–Kier alpha value is -1.40. The standard InChI is InChI=1S/C12H14N2O3S/c15-8-9-4-3-7-14(9)12-10-5-1-2-6-11(10)18(16,17)13-12/h1-2,5-6,9,15H,3-4,7-8H2/t9-/m0/s1. The number of benzene rings is 1. The van der Waals surface area contributed by atoms with Gasteiger partial charge in [-0.05, 0) is 25.0 Å². The summed E-state index contributed by atoms with van der Waals surface area (Å²) in [6.07, 6.45) is 1.82. The third-order valence-corrected chi connectivity index (χ3v) is 4.80. The molecule has 2 aliphatic heterocycles. The first kappa shape index (κ1) is 11.7. The smallest absolute Gasteiger partial charge is 0.285 e. The minimum absolute atomic E-state index is 0.0230. The van der Waals surface area contributed by atoms with Crippen molar-refractivity contribution < 1.29 is 13.5 Å². The van der Waals surface area contributed by atoms with Gasteiger partial charge in [0.15, 0.2) is 5.84 Å². The van der Waals surface area contributed by atoms with Gasteiger partial charge in [0.25, 0.3) is 10.0 Å². The number of hydrogen-bond donors (Lipinski definition) is 1. The van der Waals surface area contributed by atoms with Gasteiger partial charge in [0, 0.05) is 12.1 Å². The molecule has 0 aliphatic carbocycles.